The number of carboxylic acid groups (broad SMARTS) is 1. The second-order valence-electron chi connectivity index (χ2n) is 9.66. The Labute approximate surface area is 239 Å². The molecular weight excluding hydrogens is 575 g/mol. The van der Waals surface area contributed by atoms with Crippen molar-refractivity contribution in [3.05, 3.63) is 53.1 Å². The summed E-state index contributed by atoms with van der Waals surface area (Å²) in [6, 6.07) is 5.85. The highest BCUT2D eigenvalue weighted by Gasteiger charge is 2.41. The number of hydrogen-bond donors (Lipinski definition) is 6. The standard InChI is InChI=1S/C24H25BN6O10S/c1-2-30-8-9-31(22(34)21(30)33)24(37)27-18(12-6-7-15-16(10-12)29-42(39,40)28-15)20(32)26-17-11-13-4-3-5-14(23(35)36)19(13)41-25(17)38/h3-7,10,17-18,28-29,38H,2,8-9,11H2,1H3,(H,26,32)(H,27,37)(H,35,36)/t17-,18?/m0/s1. The smallest absolute Gasteiger partial charge is 0.534 e. The molecule has 0 spiro atoms. The minimum Gasteiger partial charge on any atom is -0.534 e. The van der Waals surface area contributed by atoms with E-state index in [0.29, 0.717) is 10.5 Å². The number of benzene rings is 2. The molecule has 1 unspecified atom stereocenters. The first-order chi connectivity index (χ1) is 19.9. The lowest BCUT2D eigenvalue weighted by Crippen LogP contribution is -2.60. The van der Waals surface area contributed by atoms with Gasteiger partial charge in [0.15, 0.2) is 0 Å². The van der Waals surface area contributed by atoms with Gasteiger partial charge in [-0.25, -0.2) is 9.59 Å². The maximum absolute atomic E-state index is 13.6. The number of amides is 5. The van der Waals surface area contributed by atoms with E-state index in [4.69, 9.17) is 4.65 Å². The summed E-state index contributed by atoms with van der Waals surface area (Å²) < 4.78 is 33.8. The molecule has 16 nitrogen and oxygen atoms in total. The number of imide groups is 1. The van der Waals surface area contributed by atoms with Crippen LogP contribution >= 0.6 is 0 Å². The lowest BCUT2D eigenvalue weighted by molar-refractivity contribution is -0.153. The van der Waals surface area contributed by atoms with Crippen molar-refractivity contribution >= 4 is 58.4 Å². The van der Waals surface area contributed by atoms with Gasteiger partial charge in [0.25, 0.3) is 0 Å². The van der Waals surface area contributed by atoms with E-state index in [0.717, 1.165) is 0 Å². The van der Waals surface area contributed by atoms with Crippen LogP contribution in [0.4, 0.5) is 16.2 Å². The molecule has 2 atom stereocenters. The number of nitrogens with zero attached hydrogens (tertiary/aromatic N) is 2. The van der Waals surface area contributed by atoms with Gasteiger partial charge < -0.3 is 30.3 Å². The number of likely N-dealkylation sites (N-methyl/N-ethyl adjacent to an activating group) is 1. The number of urea groups is 1. The number of hydrogen-bond acceptors (Lipinski definition) is 9. The van der Waals surface area contributed by atoms with Crippen LogP contribution in [-0.2, 0) is 31.0 Å². The highest BCUT2D eigenvalue weighted by molar-refractivity contribution is 7.94. The van der Waals surface area contributed by atoms with E-state index in [1.54, 1.807) is 13.0 Å². The fourth-order valence-electron chi connectivity index (χ4n) is 4.88. The van der Waals surface area contributed by atoms with Crippen molar-refractivity contribution in [1.82, 2.24) is 20.4 Å². The first-order valence-electron chi connectivity index (χ1n) is 12.7. The van der Waals surface area contributed by atoms with Gasteiger partial charge in [0.2, 0.25) is 5.91 Å². The highest BCUT2D eigenvalue weighted by Crippen LogP contribution is 2.33. The molecule has 2 aromatic rings. The van der Waals surface area contributed by atoms with E-state index in [1.807, 2.05) is 0 Å². The summed E-state index contributed by atoms with van der Waals surface area (Å²) in [5.74, 6) is -5.21. The van der Waals surface area contributed by atoms with Crippen molar-refractivity contribution in [1.29, 1.82) is 0 Å². The Hall–Kier alpha value is -4.84. The Bertz CT molecular complexity index is 1620. The monoisotopic (exact) mass is 600 g/mol. The first-order valence-corrected chi connectivity index (χ1v) is 14.2. The molecule has 0 aromatic heterocycles. The number of rotatable bonds is 6. The summed E-state index contributed by atoms with van der Waals surface area (Å²) >= 11 is 0. The van der Waals surface area contributed by atoms with Gasteiger partial charge in [-0.15, -0.1) is 0 Å². The van der Waals surface area contributed by atoms with Crippen molar-refractivity contribution in [2.75, 3.05) is 29.1 Å². The van der Waals surface area contributed by atoms with Gasteiger partial charge in [-0.1, -0.05) is 18.2 Å². The lowest BCUT2D eigenvalue weighted by atomic mass is 9.72. The Balaban J connectivity index is 1.41. The maximum Gasteiger partial charge on any atom is 0.547 e. The van der Waals surface area contributed by atoms with Crippen LogP contribution in [-0.4, -0.2) is 90.8 Å². The van der Waals surface area contributed by atoms with E-state index in [-0.39, 0.29) is 54.3 Å². The summed E-state index contributed by atoms with van der Waals surface area (Å²) in [5, 5.41) is 25.0. The van der Waals surface area contributed by atoms with Crippen molar-refractivity contribution in [2.45, 2.75) is 25.3 Å². The number of carboxylic acids is 1. The predicted octanol–water partition coefficient (Wildman–Crippen LogP) is -0.952. The zero-order chi connectivity index (χ0) is 30.3. The Morgan fingerprint density at radius 1 is 1.12 bits per heavy atom. The van der Waals surface area contributed by atoms with Gasteiger partial charge in [-0.05, 0) is 42.7 Å². The van der Waals surface area contributed by atoms with Gasteiger partial charge in [-0.3, -0.25) is 28.7 Å². The summed E-state index contributed by atoms with van der Waals surface area (Å²) in [5.41, 5.74) is 0.637. The quantitative estimate of drug-likeness (QED) is 0.176. The third-order valence-corrected chi connectivity index (χ3v) is 7.99. The number of nitrogens with one attached hydrogen (secondary N) is 4. The van der Waals surface area contributed by atoms with Gasteiger partial charge >= 0.3 is 41.1 Å². The minimum absolute atomic E-state index is 0.0239. The predicted molar refractivity (Wildman–Crippen MR) is 145 cm³/mol. The molecule has 0 aliphatic carbocycles. The number of aromatic carboxylic acids is 1. The molecule has 6 N–H and O–H groups in total. The minimum atomic E-state index is -3.87. The number of carbonyl (C=O) groups is 5. The molecule has 220 valence electrons. The average Bonchev–Trinajstić information content (AvgIpc) is 3.25. The number of para-hydroxylation sites is 1. The molecule has 42 heavy (non-hydrogen) atoms. The summed E-state index contributed by atoms with van der Waals surface area (Å²) in [6.07, 6.45) is -0.0239. The van der Waals surface area contributed by atoms with E-state index < -0.39 is 59.0 Å². The molecule has 3 aliphatic heterocycles. The topological polar surface area (TPSA) is 224 Å². The molecular formula is C24H25BN6O10S. The van der Waals surface area contributed by atoms with Crippen molar-refractivity contribution in [3.8, 4) is 5.75 Å². The van der Waals surface area contributed by atoms with E-state index in [1.165, 1.54) is 35.2 Å². The van der Waals surface area contributed by atoms with Crippen LogP contribution in [0.3, 0.4) is 0 Å². The van der Waals surface area contributed by atoms with Crippen LogP contribution < -0.4 is 24.7 Å². The molecule has 2 aromatic carbocycles. The van der Waals surface area contributed by atoms with Gasteiger partial charge in [0.1, 0.15) is 11.8 Å². The fourth-order valence-corrected chi connectivity index (χ4v) is 5.86. The third-order valence-electron chi connectivity index (χ3n) is 7.01. The normalized spacial score (nSPS) is 19.5. The third kappa shape index (κ3) is 5.40. The average molecular weight is 600 g/mol. The van der Waals surface area contributed by atoms with E-state index in [9.17, 15) is 42.5 Å². The van der Waals surface area contributed by atoms with Crippen molar-refractivity contribution < 1.29 is 47.2 Å². The van der Waals surface area contributed by atoms with Crippen molar-refractivity contribution in [3.63, 3.8) is 0 Å². The van der Waals surface area contributed by atoms with Gasteiger partial charge in [-0.2, -0.15) is 8.42 Å². The molecule has 5 amide bonds. The largest absolute Gasteiger partial charge is 0.547 e. The molecule has 5 rings (SSSR count). The second kappa shape index (κ2) is 10.9. The SMILES string of the molecule is CCN1CCN(C(=O)NC(C(=O)N[C@H]2Cc3cccc(C(=O)O)c3OB2O)c2ccc3c(c2)NS(=O)(=O)N3)C(=O)C1=O. The summed E-state index contributed by atoms with van der Waals surface area (Å²) in [4.78, 5) is 65.2. The fraction of sp³-hybridized carbons (Fsp3) is 0.292. The van der Waals surface area contributed by atoms with Crippen LogP contribution in [0.2, 0.25) is 0 Å². The number of fused-ring (bicyclic) bond motifs is 2. The van der Waals surface area contributed by atoms with Crippen LogP contribution in [0, 0.1) is 0 Å². The zero-order valence-electron chi connectivity index (χ0n) is 22.0. The summed E-state index contributed by atoms with van der Waals surface area (Å²) in [7, 11) is -5.53. The van der Waals surface area contributed by atoms with E-state index >= 15 is 0 Å². The van der Waals surface area contributed by atoms with E-state index in [2.05, 4.69) is 20.1 Å². The molecule has 3 aliphatic rings. The summed E-state index contributed by atoms with van der Waals surface area (Å²) in [6.45, 7) is 1.93. The van der Waals surface area contributed by atoms with Crippen LogP contribution in [0.1, 0.15) is 34.5 Å². The lowest BCUT2D eigenvalue weighted by Gasteiger charge is -2.33. The van der Waals surface area contributed by atoms with Crippen LogP contribution in [0.25, 0.3) is 0 Å². The van der Waals surface area contributed by atoms with Crippen LogP contribution in [0.5, 0.6) is 5.75 Å². The number of anilines is 2. The first kappa shape index (κ1) is 28.7. The second-order valence-corrected chi connectivity index (χ2v) is 11.1. The maximum atomic E-state index is 13.6. The Morgan fingerprint density at radius 2 is 1.86 bits per heavy atom. The number of piperazine rings is 1. The van der Waals surface area contributed by atoms with Gasteiger partial charge in [0, 0.05) is 19.6 Å². The Morgan fingerprint density at radius 3 is 2.57 bits per heavy atom. The molecule has 0 saturated carbocycles. The zero-order valence-corrected chi connectivity index (χ0v) is 22.8. The molecule has 3 heterocycles. The molecule has 0 bridgehead atoms. The molecule has 1 fully saturated rings. The van der Waals surface area contributed by atoms with Crippen LogP contribution in [0.15, 0.2) is 36.4 Å². The molecule has 1 saturated heterocycles. The Kier molecular flexibility index (Phi) is 7.42. The number of carbonyl (C=O) groups excluding carboxylic acids is 4. The van der Waals surface area contributed by atoms with Gasteiger partial charge in [0.05, 0.1) is 22.9 Å². The molecule has 18 heteroatoms. The molecule has 0 radical (unpaired) electrons. The highest BCUT2D eigenvalue weighted by atomic mass is 32.2. The van der Waals surface area contributed by atoms with Crippen molar-refractivity contribution in [2.24, 2.45) is 0 Å².